The van der Waals surface area contributed by atoms with E-state index < -0.39 is 0 Å². The number of rotatable bonds is 4. The monoisotopic (exact) mass is 282 g/mol. The van der Waals surface area contributed by atoms with Crippen LogP contribution in [0.15, 0.2) is 18.2 Å². The third-order valence-electron chi connectivity index (χ3n) is 3.46. The van der Waals surface area contributed by atoms with Crippen LogP contribution >= 0.6 is 11.6 Å². The Balaban J connectivity index is 1.94. The summed E-state index contributed by atoms with van der Waals surface area (Å²) >= 11 is 6.08. The van der Waals surface area contributed by atoms with Crippen molar-refractivity contribution in [1.29, 1.82) is 0 Å². The topological polar surface area (TPSA) is 52.6 Å². The van der Waals surface area contributed by atoms with Gasteiger partial charge in [-0.2, -0.15) is 0 Å². The van der Waals surface area contributed by atoms with Crippen molar-refractivity contribution in [3.05, 3.63) is 28.8 Å². The second-order valence-electron chi connectivity index (χ2n) is 4.98. The number of halogens is 1. The Morgan fingerprint density at radius 2 is 2.37 bits per heavy atom. The van der Waals surface area contributed by atoms with Gasteiger partial charge in [-0.25, -0.2) is 0 Å². The van der Waals surface area contributed by atoms with E-state index in [4.69, 9.17) is 11.6 Å². The number of aliphatic hydroxyl groups is 1. The molecule has 1 aliphatic heterocycles. The summed E-state index contributed by atoms with van der Waals surface area (Å²) in [6.45, 7) is 3.22. The molecule has 4 nitrogen and oxygen atoms in total. The second-order valence-corrected chi connectivity index (χ2v) is 5.39. The Labute approximate surface area is 118 Å². The van der Waals surface area contributed by atoms with Crippen molar-refractivity contribution < 1.29 is 9.90 Å². The van der Waals surface area contributed by atoms with Crippen LogP contribution < -0.4 is 5.32 Å². The summed E-state index contributed by atoms with van der Waals surface area (Å²) in [6.07, 6.45) is 1.98. The highest BCUT2D eigenvalue weighted by molar-refractivity contribution is 6.33. The van der Waals surface area contributed by atoms with Gasteiger partial charge in [-0.3, -0.25) is 9.69 Å². The minimum Gasteiger partial charge on any atom is -0.395 e. The summed E-state index contributed by atoms with van der Waals surface area (Å²) < 4.78 is 0. The van der Waals surface area contributed by atoms with Gasteiger partial charge in [-0.1, -0.05) is 17.7 Å². The molecular weight excluding hydrogens is 264 g/mol. The fraction of sp³-hybridized carbons (Fsp3) is 0.500. The summed E-state index contributed by atoms with van der Waals surface area (Å²) in [5.41, 5.74) is 1.69. The number of hydrogen-bond acceptors (Lipinski definition) is 3. The number of benzene rings is 1. The third-order valence-corrected chi connectivity index (χ3v) is 3.77. The number of amides is 1. The molecular formula is C14H19ClN2O2. The molecule has 1 heterocycles. The molecule has 104 valence electrons. The second kappa shape index (κ2) is 6.37. The summed E-state index contributed by atoms with van der Waals surface area (Å²) in [5, 5.41) is 12.6. The lowest BCUT2D eigenvalue weighted by molar-refractivity contribution is -0.117. The molecule has 1 aromatic carbocycles. The molecule has 2 rings (SSSR count). The predicted molar refractivity (Wildman–Crippen MR) is 76.5 cm³/mol. The number of carbonyl (C=O) groups is 1. The summed E-state index contributed by atoms with van der Waals surface area (Å²) in [5.74, 6) is -0.0916. The number of aryl methyl sites for hydroxylation is 1. The molecule has 1 amide bonds. The smallest absolute Gasteiger partial charge is 0.238 e. The zero-order valence-corrected chi connectivity index (χ0v) is 11.8. The minimum atomic E-state index is -0.0916. The Kier molecular flexibility index (Phi) is 4.80. The molecule has 0 unspecified atom stereocenters. The first-order valence-electron chi connectivity index (χ1n) is 6.51. The molecule has 1 saturated heterocycles. The van der Waals surface area contributed by atoms with Crippen LogP contribution in [0.2, 0.25) is 5.02 Å². The lowest BCUT2D eigenvalue weighted by Gasteiger charge is -2.21. The van der Waals surface area contributed by atoms with Crippen molar-refractivity contribution in [2.45, 2.75) is 25.8 Å². The van der Waals surface area contributed by atoms with Crippen LogP contribution in [-0.4, -0.2) is 41.7 Å². The molecule has 0 saturated carbocycles. The number of carbonyl (C=O) groups excluding carboxylic acids is 1. The van der Waals surface area contributed by atoms with Gasteiger partial charge in [0.05, 0.1) is 23.9 Å². The van der Waals surface area contributed by atoms with E-state index in [9.17, 15) is 9.90 Å². The maximum atomic E-state index is 12.0. The first-order chi connectivity index (χ1) is 9.10. The van der Waals surface area contributed by atoms with Crippen LogP contribution in [0.25, 0.3) is 0 Å². The molecule has 1 aromatic rings. The zero-order chi connectivity index (χ0) is 13.8. The number of nitrogens with zero attached hydrogens (tertiary/aromatic N) is 1. The summed E-state index contributed by atoms with van der Waals surface area (Å²) in [4.78, 5) is 14.0. The van der Waals surface area contributed by atoms with Crippen molar-refractivity contribution >= 4 is 23.2 Å². The number of nitrogens with one attached hydrogen (secondary N) is 1. The highest BCUT2D eigenvalue weighted by Crippen LogP contribution is 2.23. The van der Waals surface area contributed by atoms with Gasteiger partial charge in [0.2, 0.25) is 5.91 Å². The van der Waals surface area contributed by atoms with Gasteiger partial charge in [-0.05, 0) is 44.0 Å². The van der Waals surface area contributed by atoms with E-state index in [1.807, 2.05) is 30.0 Å². The fourth-order valence-electron chi connectivity index (χ4n) is 2.41. The normalized spacial score (nSPS) is 19.6. The third kappa shape index (κ3) is 3.69. The van der Waals surface area contributed by atoms with Gasteiger partial charge >= 0.3 is 0 Å². The van der Waals surface area contributed by atoms with Crippen molar-refractivity contribution in [3.63, 3.8) is 0 Å². The van der Waals surface area contributed by atoms with Crippen molar-refractivity contribution in [2.24, 2.45) is 0 Å². The molecule has 0 spiro atoms. The zero-order valence-electron chi connectivity index (χ0n) is 11.0. The lowest BCUT2D eigenvalue weighted by atomic mass is 10.2. The molecule has 2 N–H and O–H groups in total. The molecule has 0 radical (unpaired) electrons. The van der Waals surface area contributed by atoms with E-state index in [1.165, 1.54) is 0 Å². The Morgan fingerprint density at radius 1 is 1.58 bits per heavy atom. The van der Waals surface area contributed by atoms with Crippen molar-refractivity contribution in [1.82, 2.24) is 4.90 Å². The Hall–Kier alpha value is -1.10. The van der Waals surface area contributed by atoms with E-state index in [1.54, 1.807) is 0 Å². The van der Waals surface area contributed by atoms with E-state index in [2.05, 4.69) is 5.32 Å². The van der Waals surface area contributed by atoms with Crippen LogP contribution in [0.5, 0.6) is 0 Å². The van der Waals surface area contributed by atoms with Gasteiger partial charge in [0.15, 0.2) is 0 Å². The van der Waals surface area contributed by atoms with Crippen molar-refractivity contribution in [2.75, 3.05) is 25.0 Å². The number of hydrogen-bond donors (Lipinski definition) is 2. The minimum absolute atomic E-state index is 0.0916. The highest BCUT2D eigenvalue weighted by Gasteiger charge is 2.25. The van der Waals surface area contributed by atoms with Gasteiger partial charge in [-0.15, -0.1) is 0 Å². The SMILES string of the molecule is Cc1ccc(NC(=O)CN2CCC[C@@H]2CO)c(Cl)c1. The first kappa shape index (κ1) is 14.3. The number of anilines is 1. The van der Waals surface area contributed by atoms with E-state index in [-0.39, 0.29) is 18.6 Å². The largest absolute Gasteiger partial charge is 0.395 e. The number of aliphatic hydroxyl groups excluding tert-OH is 1. The average molecular weight is 283 g/mol. The van der Waals surface area contributed by atoms with Gasteiger partial charge < -0.3 is 10.4 Å². The van der Waals surface area contributed by atoms with Crippen LogP contribution in [0, 0.1) is 6.92 Å². The van der Waals surface area contributed by atoms with Crippen molar-refractivity contribution in [3.8, 4) is 0 Å². The molecule has 1 fully saturated rings. The standard InChI is InChI=1S/C14H19ClN2O2/c1-10-4-5-13(12(15)7-10)16-14(19)8-17-6-2-3-11(17)9-18/h4-5,7,11,18H,2-3,6,8-9H2,1H3,(H,16,19)/t11-/m1/s1. The quantitative estimate of drug-likeness (QED) is 0.889. The molecule has 0 bridgehead atoms. The molecule has 0 aliphatic carbocycles. The fourth-order valence-corrected chi connectivity index (χ4v) is 2.69. The first-order valence-corrected chi connectivity index (χ1v) is 6.89. The highest BCUT2D eigenvalue weighted by atomic mass is 35.5. The maximum Gasteiger partial charge on any atom is 0.238 e. The van der Waals surface area contributed by atoms with Crippen LogP contribution in [0.3, 0.4) is 0 Å². The molecule has 1 aliphatic rings. The van der Waals surface area contributed by atoms with E-state index >= 15 is 0 Å². The molecule has 5 heteroatoms. The van der Waals surface area contributed by atoms with E-state index in [0.717, 1.165) is 24.9 Å². The number of likely N-dealkylation sites (tertiary alicyclic amines) is 1. The van der Waals surface area contributed by atoms with E-state index in [0.29, 0.717) is 17.3 Å². The molecule has 1 atom stereocenters. The average Bonchev–Trinajstić information content (AvgIpc) is 2.80. The molecule has 19 heavy (non-hydrogen) atoms. The van der Waals surface area contributed by atoms with Crippen LogP contribution in [-0.2, 0) is 4.79 Å². The van der Waals surface area contributed by atoms with Crippen LogP contribution in [0.4, 0.5) is 5.69 Å². The van der Waals surface area contributed by atoms with Gasteiger partial charge in [0.25, 0.3) is 0 Å². The Bertz CT molecular complexity index is 465. The Morgan fingerprint density at radius 3 is 3.05 bits per heavy atom. The van der Waals surface area contributed by atoms with Gasteiger partial charge in [0, 0.05) is 6.04 Å². The lowest BCUT2D eigenvalue weighted by Crippen LogP contribution is -2.38. The van der Waals surface area contributed by atoms with Crippen LogP contribution in [0.1, 0.15) is 18.4 Å². The maximum absolute atomic E-state index is 12.0. The summed E-state index contributed by atoms with van der Waals surface area (Å²) in [7, 11) is 0. The predicted octanol–water partition coefficient (Wildman–Crippen LogP) is 2.04. The summed E-state index contributed by atoms with van der Waals surface area (Å²) in [6, 6.07) is 5.65. The van der Waals surface area contributed by atoms with Gasteiger partial charge in [0.1, 0.15) is 0 Å². The molecule has 0 aromatic heterocycles.